The van der Waals surface area contributed by atoms with E-state index in [1.165, 1.54) is 24.3 Å². The highest BCUT2D eigenvalue weighted by Gasteiger charge is 2.39. The van der Waals surface area contributed by atoms with Crippen LogP contribution in [0.3, 0.4) is 0 Å². The molecule has 0 radical (unpaired) electrons. The highest BCUT2D eigenvalue weighted by Crippen LogP contribution is 2.23. The van der Waals surface area contributed by atoms with Crippen LogP contribution in [0.2, 0.25) is 0 Å². The molecule has 5 heteroatoms. The highest BCUT2D eigenvalue weighted by atomic mass is 19.1. The molecule has 0 aromatic heterocycles. The first-order chi connectivity index (χ1) is 8.10. The Morgan fingerprint density at radius 3 is 2.71 bits per heavy atom. The Balaban J connectivity index is 2.03. The fourth-order valence-corrected chi connectivity index (χ4v) is 1.85. The van der Waals surface area contributed by atoms with Gasteiger partial charge < -0.3 is 15.7 Å². The minimum absolute atomic E-state index is 0.0525. The van der Waals surface area contributed by atoms with E-state index in [0.29, 0.717) is 12.1 Å². The maximum Gasteiger partial charge on any atom is 0.263 e. The van der Waals surface area contributed by atoms with E-state index in [2.05, 4.69) is 10.6 Å². The summed E-state index contributed by atoms with van der Waals surface area (Å²) in [5, 5.41) is 14.5. The third-order valence-corrected chi connectivity index (χ3v) is 2.86. The smallest absolute Gasteiger partial charge is 0.263 e. The van der Waals surface area contributed by atoms with Gasteiger partial charge in [-0.2, -0.15) is 0 Å². The van der Waals surface area contributed by atoms with Crippen molar-refractivity contribution in [1.29, 1.82) is 0 Å². The maximum atomic E-state index is 14.2. The van der Waals surface area contributed by atoms with E-state index in [9.17, 15) is 9.18 Å². The number of nitrogens with one attached hydrogen (secondary N) is 2. The number of alkyl halides is 1. The number of halogens is 1. The van der Waals surface area contributed by atoms with Crippen LogP contribution in [0.15, 0.2) is 24.3 Å². The molecule has 1 aromatic carbocycles. The van der Waals surface area contributed by atoms with Crippen LogP contribution in [0, 0.1) is 0 Å². The predicted molar refractivity (Wildman–Crippen MR) is 62.7 cm³/mol. The summed E-state index contributed by atoms with van der Waals surface area (Å²) in [6, 6.07) is 5.96. The van der Waals surface area contributed by atoms with Gasteiger partial charge in [0.2, 0.25) is 5.67 Å². The van der Waals surface area contributed by atoms with Crippen LogP contribution in [0.5, 0.6) is 5.75 Å². The quantitative estimate of drug-likeness (QED) is 0.683. The van der Waals surface area contributed by atoms with E-state index in [1.54, 1.807) is 0 Å². The molecule has 1 atom stereocenters. The standard InChI is InChI=1S/C12H15FN2O2/c13-12(6-1-7-14-8-12)11(17)15-9-2-4-10(16)5-3-9/h2-5,14,16H,1,6-8H2,(H,15,17). The molecule has 17 heavy (non-hydrogen) atoms. The van der Waals surface area contributed by atoms with E-state index in [4.69, 9.17) is 5.11 Å². The summed E-state index contributed by atoms with van der Waals surface area (Å²) in [5.74, 6) is -0.521. The van der Waals surface area contributed by atoms with Crippen molar-refractivity contribution < 1.29 is 14.3 Å². The third-order valence-electron chi connectivity index (χ3n) is 2.86. The lowest BCUT2D eigenvalue weighted by Gasteiger charge is -2.28. The zero-order chi connectivity index (χ0) is 12.3. The van der Waals surface area contributed by atoms with Crippen LogP contribution in [0.4, 0.5) is 10.1 Å². The van der Waals surface area contributed by atoms with Crippen LogP contribution in [0.1, 0.15) is 12.8 Å². The van der Waals surface area contributed by atoms with Crippen LogP contribution < -0.4 is 10.6 Å². The summed E-state index contributed by atoms with van der Waals surface area (Å²) >= 11 is 0. The number of aromatic hydroxyl groups is 1. The molecule has 1 heterocycles. The Labute approximate surface area is 98.8 Å². The number of phenolic OH excluding ortho intramolecular Hbond substituents is 1. The number of carbonyl (C=O) groups excluding carboxylic acids is 1. The Kier molecular flexibility index (Phi) is 3.28. The van der Waals surface area contributed by atoms with Gasteiger partial charge in [0.15, 0.2) is 0 Å². The zero-order valence-electron chi connectivity index (χ0n) is 9.37. The van der Waals surface area contributed by atoms with Gasteiger partial charge in [-0.1, -0.05) is 0 Å². The molecule has 1 unspecified atom stereocenters. The summed E-state index contributed by atoms with van der Waals surface area (Å²) in [6.07, 6.45) is 0.892. The monoisotopic (exact) mass is 238 g/mol. The van der Waals surface area contributed by atoms with Crippen molar-refractivity contribution in [2.75, 3.05) is 18.4 Å². The van der Waals surface area contributed by atoms with E-state index >= 15 is 0 Å². The van der Waals surface area contributed by atoms with Crippen LogP contribution in [-0.4, -0.2) is 29.8 Å². The van der Waals surface area contributed by atoms with E-state index in [1.807, 2.05) is 0 Å². The SMILES string of the molecule is O=C(Nc1ccc(O)cc1)C1(F)CCCNC1. The van der Waals surface area contributed by atoms with Crippen molar-refractivity contribution in [2.45, 2.75) is 18.5 Å². The maximum absolute atomic E-state index is 14.2. The molecule has 4 nitrogen and oxygen atoms in total. The normalized spacial score (nSPS) is 24.3. The molecule has 92 valence electrons. The molecular formula is C12H15FN2O2. The number of phenols is 1. The molecule has 0 bridgehead atoms. The van der Waals surface area contributed by atoms with Gasteiger partial charge in [-0.15, -0.1) is 0 Å². The molecule has 0 saturated carbocycles. The van der Waals surface area contributed by atoms with Crippen molar-refractivity contribution >= 4 is 11.6 Å². The minimum Gasteiger partial charge on any atom is -0.508 e. The van der Waals surface area contributed by atoms with Gasteiger partial charge in [0.1, 0.15) is 5.75 Å². The van der Waals surface area contributed by atoms with E-state index in [0.717, 1.165) is 6.54 Å². The summed E-state index contributed by atoms with van der Waals surface area (Å²) in [4.78, 5) is 11.8. The summed E-state index contributed by atoms with van der Waals surface area (Å²) < 4.78 is 14.2. The molecule has 1 saturated heterocycles. The van der Waals surface area contributed by atoms with Gasteiger partial charge in [-0.05, 0) is 43.7 Å². The summed E-state index contributed by atoms with van der Waals surface area (Å²) in [6.45, 7) is 0.801. The number of hydrogen-bond donors (Lipinski definition) is 3. The summed E-state index contributed by atoms with van der Waals surface area (Å²) in [7, 11) is 0. The Bertz CT molecular complexity index is 399. The Hall–Kier alpha value is -1.62. The molecular weight excluding hydrogens is 223 g/mol. The lowest BCUT2D eigenvalue weighted by Crippen LogP contribution is -2.50. The number of piperidine rings is 1. The fourth-order valence-electron chi connectivity index (χ4n) is 1.85. The fraction of sp³-hybridized carbons (Fsp3) is 0.417. The highest BCUT2D eigenvalue weighted by molar-refractivity contribution is 5.97. The average Bonchev–Trinajstić information content (AvgIpc) is 2.33. The second kappa shape index (κ2) is 4.71. The lowest BCUT2D eigenvalue weighted by molar-refractivity contribution is -0.128. The number of hydrogen-bond acceptors (Lipinski definition) is 3. The molecule has 1 amide bonds. The van der Waals surface area contributed by atoms with Gasteiger partial charge in [0, 0.05) is 12.2 Å². The second-order valence-corrected chi connectivity index (χ2v) is 4.25. The number of rotatable bonds is 2. The predicted octanol–water partition coefficient (Wildman–Crippen LogP) is 1.42. The van der Waals surface area contributed by atoms with Crippen molar-refractivity contribution in [3.05, 3.63) is 24.3 Å². The molecule has 1 aromatic rings. The second-order valence-electron chi connectivity index (χ2n) is 4.25. The van der Waals surface area contributed by atoms with Crippen molar-refractivity contribution in [3.63, 3.8) is 0 Å². The first-order valence-corrected chi connectivity index (χ1v) is 5.60. The number of anilines is 1. The first kappa shape index (κ1) is 11.9. The van der Waals surface area contributed by atoms with E-state index < -0.39 is 11.6 Å². The van der Waals surface area contributed by atoms with Gasteiger partial charge in [0.25, 0.3) is 5.91 Å². The van der Waals surface area contributed by atoms with Crippen molar-refractivity contribution in [3.8, 4) is 5.75 Å². The van der Waals surface area contributed by atoms with Crippen molar-refractivity contribution in [2.24, 2.45) is 0 Å². The molecule has 2 rings (SSSR count). The van der Waals surface area contributed by atoms with Gasteiger partial charge in [-0.25, -0.2) is 4.39 Å². The number of carbonyl (C=O) groups is 1. The van der Waals surface area contributed by atoms with Crippen molar-refractivity contribution in [1.82, 2.24) is 5.32 Å². The number of amides is 1. The van der Waals surface area contributed by atoms with Crippen LogP contribution in [0.25, 0.3) is 0 Å². The molecule has 1 fully saturated rings. The van der Waals surface area contributed by atoms with Gasteiger partial charge in [0.05, 0.1) is 0 Å². The van der Waals surface area contributed by atoms with Crippen LogP contribution in [-0.2, 0) is 4.79 Å². The zero-order valence-corrected chi connectivity index (χ0v) is 9.37. The molecule has 1 aliphatic rings. The topological polar surface area (TPSA) is 61.4 Å². The Morgan fingerprint density at radius 2 is 2.12 bits per heavy atom. The molecule has 0 aliphatic carbocycles. The first-order valence-electron chi connectivity index (χ1n) is 5.60. The minimum atomic E-state index is -1.84. The van der Waals surface area contributed by atoms with E-state index in [-0.39, 0.29) is 18.7 Å². The summed E-state index contributed by atoms with van der Waals surface area (Å²) in [5.41, 5.74) is -1.36. The third kappa shape index (κ3) is 2.74. The van der Waals surface area contributed by atoms with Gasteiger partial charge in [-0.3, -0.25) is 4.79 Å². The average molecular weight is 238 g/mol. The molecule has 1 aliphatic heterocycles. The Morgan fingerprint density at radius 1 is 1.41 bits per heavy atom. The lowest BCUT2D eigenvalue weighted by atomic mass is 9.95. The van der Waals surface area contributed by atoms with Crippen LogP contribution >= 0.6 is 0 Å². The number of benzene rings is 1. The molecule has 0 spiro atoms. The molecule has 3 N–H and O–H groups in total. The largest absolute Gasteiger partial charge is 0.508 e. The van der Waals surface area contributed by atoms with Gasteiger partial charge >= 0.3 is 0 Å².